The first kappa shape index (κ1) is 12.3. The first-order chi connectivity index (χ1) is 7.34. The summed E-state index contributed by atoms with van der Waals surface area (Å²) in [4.78, 5) is 30.9. The highest BCUT2D eigenvalue weighted by Gasteiger charge is 2.22. The predicted octanol–water partition coefficient (Wildman–Crippen LogP) is 1.07. The van der Waals surface area contributed by atoms with Gasteiger partial charge in [0.15, 0.2) is 0 Å². The van der Waals surface area contributed by atoms with Crippen LogP contribution in [-0.2, 0) is 4.79 Å². The molecule has 0 saturated heterocycles. The zero-order valence-electron chi connectivity index (χ0n) is 7.46. The van der Waals surface area contributed by atoms with E-state index in [1.165, 1.54) is 0 Å². The summed E-state index contributed by atoms with van der Waals surface area (Å²) in [6, 6.07) is 0. The van der Waals surface area contributed by atoms with Gasteiger partial charge in [-0.15, -0.1) is 0 Å². The van der Waals surface area contributed by atoms with E-state index < -0.39 is 28.3 Å². The molecule has 1 unspecified atom stereocenters. The highest BCUT2D eigenvalue weighted by atomic mass is 79.9. The van der Waals surface area contributed by atoms with Crippen molar-refractivity contribution in [2.45, 2.75) is 6.30 Å². The lowest BCUT2D eigenvalue weighted by atomic mass is 10.4. The van der Waals surface area contributed by atoms with Crippen molar-refractivity contribution >= 4 is 27.6 Å². The van der Waals surface area contributed by atoms with Gasteiger partial charge in [0.25, 0.3) is 11.7 Å². The molecule has 7 nitrogen and oxygen atoms in total. The van der Waals surface area contributed by atoms with E-state index in [2.05, 4.69) is 15.9 Å². The smallest absolute Gasteiger partial charge is 0.359 e. The molecule has 1 N–H and O–H groups in total. The number of carboxylic acid groups (broad SMARTS) is 1. The summed E-state index contributed by atoms with van der Waals surface area (Å²) in [6.07, 6.45) is -1.13. The van der Waals surface area contributed by atoms with Crippen LogP contribution in [0.25, 0.3) is 0 Å². The van der Waals surface area contributed by atoms with E-state index in [1.807, 2.05) is 0 Å². The molecule has 0 aliphatic rings. The minimum absolute atomic E-state index is 0.286. The maximum absolute atomic E-state index is 13.0. The minimum atomic E-state index is -2.49. The molecule has 86 valence electrons. The average Bonchev–Trinajstić information content (AvgIpc) is 2.20. The third kappa shape index (κ3) is 2.24. The molecular formula is C7H4BrFN2O5. The molecule has 1 heterocycles. The number of aromatic nitrogens is 1. The quantitative estimate of drug-likeness (QED) is 0.663. The summed E-state index contributed by atoms with van der Waals surface area (Å²) in [5.74, 6) is -1.81. The van der Waals surface area contributed by atoms with Crippen molar-refractivity contribution in [1.29, 1.82) is 0 Å². The van der Waals surface area contributed by atoms with Gasteiger partial charge in [-0.3, -0.25) is 14.9 Å². The standard InChI is InChI=1S/C7H4BrFN2O5/c8-3-1-10(6(9)7(13)14)2-4(5(3)12)11(15)16/h1-2,6H,(H,13,14). The number of carboxylic acids is 1. The Balaban J connectivity index is 3.41. The van der Waals surface area contributed by atoms with Gasteiger partial charge in [0.2, 0.25) is 0 Å². The second-order valence-corrected chi connectivity index (χ2v) is 3.55. The fourth-order valence-corrected chi connectivity index (χ4v) is 1.38. The van der Waals surface area contributed by atoms with Crippen molar-refractivity contribution in [3.8, 4) is 0 Å². The number of pyridine rings is 1. The maximum Gasteiger partial charge on any atom is 0.359 e. The van der Waals surface area contributed by atoms with Crippen LogP contribution in [0, 0.1) is 10.1 Å². The molecule has 9 heteroatoms. The molecule has 1 aromatic rings. The third-order valence-electron chi connectivity index (χ3n) is 1.65. The Hall–Kier alpha value is -1.77. The van der Waals surface area contributed by atoms with Crippen molar-refractivity contribution in [3.05, 3.63) is 37.2 Å². The van der Waals surface area contributed by atoms with Gasteiger partial charge in [-0.2, -0.15) is 0 Å². The molecule has 0 bridgehead atoms. The number of nitro groups is 1. The van der Waals surface area contributed by atoms with Crippen LogP contribution >= 0.6 is 15.9 Å². The number of nitrogens with zero attached hydrogens (tertiary/aromatic N) is 2. The normalized spacial score (nSPS) is 12.1. The van der Waals surface area contributed by atoms with E-state index in [9.17, 15) is 24.1 Å². The maximum atomic E-state index is 13.0. The molecule has 0 aliphatic carbocycles. The van der Waals surface area contributed by atoms with Gasteiger partial charge < -0.3 is 9.67 Å². The average molecular weight is 295 g/mol. The summed E-state index contributed by atoms with van der Waals surface area (Å²) < 4.78 is 13.2. The summed E-state index contributed by atoms with van der Waals surface area (Å²) in [6.45, 7) is 0. The number of aliphatic carboxylic acids is 1. The van der Waals surface area contributed by atoms with Gasteiger partial charge in [-0.1, -0.05) is 0 Å². The predicted molar refractivity (Wildman–Crippen MR) is 52.8 cm³/mol. The van der Waals surface area contributed by atoms with Gasteiger partial charge in [0.05, 0.1) is 15.6 Å². The number of hydrogen-bond donors (Lipinski definition) is 1. The first-order valence-electron chi connectivity index (χ1n) is 3.77. The Morgan fingerprint density at radius 2 is 2.19 bits per heavy atom. The molecule has 0 radical (unpaired) electrons. The zero-order chi connectivity index (χ0) is 12.5. The second kappa shape index (κ2) is 4.39. The molecule has 0 amide bonds. The fourth-order valence-electron chi connectivity index (χ4n) is 0.937. The highest BCUT2D eigenvalue weighted by Crippen LogP contribution is 2.16. The van der Waals surface area contributed by atoms with Crippen LogP contribution in [-0.4, -0.2) is 20.6 Å². The molecule has 0 saturated carbocycles. The van der Waals surface area contributed by atoms with E-state index in [0.717, 1.165) is 6.20 Å². The SMILES string of the molecule is O=C(O)C(F)n1cc(Br)c(=O)c([N+](=O)[O-])c1. The van der Waals surface area contributed by atoms with Crippen molar-refractivity contribution < 1.29 is 19.2 Å². The molecule has 1 aromatic heterocycles. The van der Waals surface area contributed by atoms with E-state index >= 15 is 0 Å². The Bertz CT molecular complexity index is 514. The molecular weight excluding hydrogens is 291 g/mol. The van der Waals surface area contributed by atoms with Crippen molar-refractivity contribution in [2.75, 3.05) is 0 Å². The lowest BCUT2D eigenvalue weighted by molar-refractivity contribution is -0.386. The van der Waals surface area contributed by atoms with Crippen LogP contribution in [0.2, 0.25) is 0 Å². The molecule has 0 aliphatic heterocycles. The number of halogens is 2. The molecule has 16 heavy (non-hydrogen) atoms. The number of alkyl halides is 1. The Morgan fingerprint density at radius 1 is 1.62 bits per heavy atom. The van der Waals surface area contributed by atoms with Crippen LogP contribution in [0.4, 0.5) is 10.1 Å². The van der Waals surface area contributed by atoms with Gasteiger partial charge in [0, 0.05) is 6.20 Å². The first-order valence-corrected chi connectivity index (χ1v) is 4.56. The zero-order valence-corrected chi connectivity index (χ0v) is 9.05. The van der Waals surface area contributed by atoms with Crippen molar-refractivity contribution in [1.82, 2.24) is 4.57 Å². The fraction of sp³-hybridized carbons (Fsp3) is 0.143. The molecule has 0 spiro atoms. The monoisotopic (exact) mass is 294 g/mol. The Kier molecular flexibility index (Phi) is 3.38. The summed E-state index contributed by atoms with van der Waals surface area (Å²) >= 11 is 2.69. The minimum Gasteiger partial charge on any atom is -0.478 e. The van der Waals surface area contributed by atoms with Crippen LogP contribution in [0.15, 0.2) is 21.7 Å². The van der Waals surface area contributed by atoms with Gasteiger partial charge in [-0.05, 0) is 15.9 Å². The lowest BCUT2D eigenvalue weighted by Gasteiger charge is -2.07. The van der Waals surface area contributed by atoms with Crippen LogP contribution in [0.5, 0.6) is 0 Å². The topological polar surface area (TPSA) is 102 Å². The number of carbonyl (C=O) groups is 1. The van der Waals surface area contributed by atoms with Crippen molar-refractivity contribution in [2.24, 2.45) is 0 Å². The van der Waals surface area contributed by atoms with Crippen molar-refractivity contribution in [3.63, 3.8) is 0 Å². The second-order valence-electron chi connectivity index (χ2n) is 2.70. The lowest BCUT2D eigenvalue weighted by Crippen LogP contribution is -2.19. The molecule has 0 aromatic carbocycles. The molecule has 1 atom stereocenters. The molecule has 1 rings (SSSR count). The van der Waals surface area contributed by atoms with E-state index in [1.54, 1.807) is 0 Å². The number of hydrogen-bond acceptors (Lipinski definition) is 4. The third-order valence-corrected chi connectivity index (χ3v) is 2.21. The summed E-state index contributed by atoms with van der Waals surface area (Å²) in [5.41, 5.74) is -1.85. The van der Waals surface area contributed by atoms with Gasteiger partial charge in [-0.25, -0.2) is 9.18 Å². The summed E-state index contributed by atoms with van der Waals surface area (Å²) in [7, 11) is 0. The Morgan fingerprint density at radius 3 is 2.62 bits per heavy atom. The largest absolute Gasteiger partial charge is 0.478 e. The van der Waals surface area contributed by atoms with E-state index in [4.69, 9.17) is 5.11 Å². The van der Waals surface area contributed by atoms with Crippen LogP contribution < -0.4 is 5.43 Å². The summed E-state index contributed by atoms with van der Waals surface area (Å²) in [5, 5.41) is 18.8. The van der Waals surface area contributed by atoms with Gasteiger partial charge in [0.1, 0.15) is 0 Å². The van der Waals surface area contributed by atoms with E-state index in [-0.39, 0.29) is 4.47 Å². The van der Waals surface area contributed by atoms with Crippen LogP contribution in [0.1, 0.15) is 6.30 Å². The number of rotatable bonds is 3. The highest BCUT2D eigenvalue weighted by molar-refractivity contribution is 9.10. The van der Waals surface area contributed by atoms with Crippen LogP contribution in [0.3, 0.4) is 0 Å². The Labute approximate surface area is 95.4 Å². The van der Waals surface area contributed by atoms with E-state index in [0.29, 0.717) is 10.8 Å². The van der Waals surface area contributed by atoms with Gasteiger partial charge >= 0.3 is 11.7 Å². The molecule has 0 fully saturated rings.